The Morgan fingerprint density at radius 3 is 2.51 bits per heavy atom. The number of carbonyl (C=O) groups is 2. The number of ether oxygens (including phenoxy) is 1. The number of anilines is 2. The molecule has 3 rings (SSSR count). The van der Waals surface area contributed by atoms with E-state index in [1.165, 1.54) is 12.3 Å². The van der Waals surface area contributed by atoms with E-state index in [1.807, 2.05) is 30.3 Å². The van der Waals surface area contributed by atoms with E-state index >= 15 is 0 Å². The largest absolute Gasteiger partial charge is 0.491 e. The van der Waals surface area contributed by atoms with E-state index in [1.54, 1.807) is 24.3 Å². The molecule has 182 valence electrons. The van der Waals surface area contributed by atoms with Crippen molar-refractivity contribution in [1.82, 2.24) is 15.6 Å². The summed E-state index contributed by atoms with van der Waals surface area (Å²) in [5.74, 6) is 0.732. The lowest BCUT2D eigenvalue weighted by atomic mass is 10.2. The Morgan fingerprint density at radius 1 is 1.00 bits per heavy atom. The zero-order valence-electron chi connectivity index (χ0n) is 18.2. The fourth-order valence-corrected chi connectivity index (χ4v) is 2.99. The molecule has 9 nitrogen and oxygen atoms in total. The first kappa shape index (κ1) is 27.0. The minimum atomic E-state index is -0.535. The van der Waals surface area contributed by atoms with Crippen LogP contribution in [0, 0.1) is 6.57 Å². The van der Waals surface area contributed by atoms with Gasteiger partial charge in [-0.1, -0.05) is 55.4 Å². The normalized spacial score (nSPS) is 9.71. The molecule has 1 aromatic heterocycles. The third-order valence-corrected chi connectivity index (χ3v) is 4.70. The van der Waals surface area contributed by atoms with Gasteiger partial charge in [0.1, 0.15) is 11.6 Å². The molecule has 0 aliphatic rings. The Morgan fingerprint density at radius 2 is 1.80 bits per heavy atom. The second-order valence-corrected chi connectivity index (χ2v) is 7.47. The summed E-state index contributed by atoms with van der Waals surface area (Å²) in [5.41, 5.74) is 1.78. The number of halogens is 1. The predicted octanol–water partition coefficient (Wildman–Crippen LogP) is 5.83. The lowest BCUT2D eigenvalue weighted by Gasteiger charge is -2.14. The zero-order valence-corrected chi connectivity index (χ0v) is 18.9. The monoisotopic (exact) mass is 494 g/mol. The second kappa shape index (κ2) is 14.1. The molecule has 0 aliphatic carbocycles. The average molecular weight is 495 g/mol. The lowest BCUT2D eigenvalue weighted by molar-refractivity contribution is 0.238. The highest BCUT2D eigenvalue weighted by Gasteiger charge is 2.10. The second-order valence-electron chi connectivity index (χ2n) is 7.03. The Balaban J connectivity index is 0.00000432. The van der Waals surface area contributed by atoms with Crippen molar-refractivity contribution >= 4 is 40.9 Å². The number of carbonyl (C=O) groups excluding carboxylic acids is 2. The van der Waals surface area contributed by atoms with Gasteiger partial charge < -0.3 is 20.7 Å². The van der Waals surface area contributed by atoms with Crippen molar-refractivity contribution in [2.24, 2.45) is 0 Å². The van der Waals surface area contributed by atoms with Gasteiger partial charge in [0.15, 0.2) is 0 Å². The van der Waals surface area contributed by atoms with E-state index in [2.05, 4.69) is 31.1 Å². The number of aromatic nitrogens is 1. The van der Waals surface area contributed by atoms with Crippen LogP contribution in [0.25, 0.3) is 4.85 Å². The van der Waals surface area contributed by atoms with Gasteiger partial charge in [-0.2, -0.15) is 0 Å². The summed E-state index contributed by atoms with van der Waals surface area (Å²) in [7, 11) is 0. The van der Waals surface area contributed by atoms with Crippen molar-refractivity contribution in [2.75, 3.05) is 23.8 Å². The van der Waals surface area contributed by atoms with Crippen molar-refractivity contribution in [3.8, 4) is 5.75 Å². The number of hydrogen-bond acceptors (Lipinski definition) is 4. The van der Waals surface area contributed by atoms with Crippen LogP contribution in [-0.4, -0.2) is 30.2 Å². The first-order valence-corrected chi connectivity index (χ1v) is 10.8. The fourth-order valence-electron chi connectivity index (χ4n) is 2.82. The topological polar surface area (TPSA) is 109 Å². The maximum absolute atomic E-state index is 12.3. The molecule has 3 aromatic rings. The quantitative estimate of drug-likeness (QED) is 0.221. The van der Waals surface area contributed by atoms with Crippen LogP contribution in [0.2, 0.25) is 5.02 Å². The Bertz CT molecular complexity index is 1150. The molecule has 0 atom stereocenters. The number of urea groups is 2. The van der Waals surface area contributed by atoms with E-state index in [0.29, 0.717) is 54.1 Å². The molecule has 0 bridgehead atoms. The van der Waals surface area contributed by atoms with Gasteiger partial charge in [0.2, 0.25) is 5.69 Å². The third-order valence-electron chi connectivity index (χ3n) is 4.47. The van der Waals surface area contributed by atoms with Gasteiger partial charge in [0.05, 0.1) is 18.9 Å². The van der Waals surface area contributed by atoms with Gasteiger partial charge in [0, 0.05) is 24.3 Å². The van der Waals surface area contributed by atoms with Crippen molar-refractivity contribution in [3.63, 3.8) is 0 Å². The Kier molecular flexibility index (Phi) is 10.8. The minimum absolute atomic E-state index is 0. The number of hydrogen-bond donors (Lipinski definition) is 4. The summed E-state index contributed by atoms with van der Waals surface area (Å²) in [6.45, 7) is 8.12. The maximum atomic E-state index is 12.3. The number of nitrogens with zero attached hydrogens (tertiary/aromatic N) is 2. The zero-order chi connectivity index (χ0) is 24.2. The van der Waals surface area contributed by atoms with Crippen LogP contribution < -0.4 is 26.0 Å². The van der Waals surface area contributed by atoms with Crippen LogP contribution in [0.3, 0.4) is 0 Å². The van der Waals surface area contributed by atoms with Crippen LogP contribution in [0.5, 0.6) is 5.75 Å². The van der Waals surface area contributed by atoms with Crippen molar-refractivity contribution in [1.29, 1.82) is 0 Å². The molecule has 0 fully saturated rings. The molecule has 1 heterocycles. The van der Waals surface area contributed by atoms with Gasteiger partial charge in [-0.15, -0.1) is 0 Å². The van der Waals surface area contributed by atoms with E-state index in [-0.39, 0.29) is 13.5 Å². The van der Waals surface area contributed by atoms with Crippen molar-refractivity contribution in [3.05, 3.63) is 88.9 Å². The van der Waals surface area contributed by atoms with Crippen molar-refractivity contribution < 1.29 is 14.3 Å². The smallest absolute Gasteiger partial charge is 0.324 e. The highest BCUT2D eigenvalue weighted by Crippen LogP contribution is 2.28. The third kappa shape index (κ3) is 9.23. The molecule has 0 aliphatic heterocycles. The summed E-state index contributed by atoms with van der Waals surface area (Å²) in [6, 6.07) is 16.8. The van der Waals surface area contributed by atoms with E-state index in [9.17, 15) is 9.59 Å². The van der Waals surface area contributed by atoms with Gasteiger partial charge in [0.25, 0.3) is 0 Å². The molecular weight excluding hydrogens is 468 g/mol. The first-order chi connectivity index (χ1) is 16.5. The van der Waals surface area contributed by atoms with Crippen LogP contribution in [0.1, 0.15) is 19.4 Å². The van der Waals surface area contributed by atoms with Gasteiger partial charge >= 0.3 is 12.1 Å². The number of rotatable bonds is 9. The summed E-state index contributed by atoms with van der Waals surface area (Å²) in [4.78, 5) is 31.5. The molecule has 0 saturated carbocycles. The molecule has 0 unspecified atom stereocenters. The number of benzene rings is 2. The Hall–Kier alpha value is -4.29. The van der Waals surface area contributed by atoms with Crippen LogP contribution in [0.15, 0.2) is 66.9 Å². The Labute approximate surface area is 209 Å². The maximum Gasteiger partial charge on any atom is 0.324 e. The highest BCUT2D eigenvalue weighted by atomic mass is 35.5. The molecule has 10 heteroatoms. The molecular formula is C25H27ClN6O3. The van der Waals surface area contributed by atoms with Gasteiger partial charge in [-0.3, -0.25) is 10.3 Å². The molecule has 35 heavy (non-hydrogen) atoms. The summed E-state index contributed by atoms with van der Waals surface area (Å²) < 4.78 is 5.76. The highest BCUT2D eigenvalue weighted by molar-refractivity contribution is 6.31. The molecule has 4 amide bonds. The number of nitrogens with one attached hydrogen (secondary N) is 4. The van der Waals surface area contributed by atoms with Crippen LogP contribution in [0.4, 0.5) is 26.8 Å². The molecule has 0 radical (unpaired) electrons. The molecule has 2 aromatic carbocycles. The predicted molar refractivity (Wildman–Crippen MR) is 138 cm³/mol. The first-order valence-electron chi connectivity index (χ1n) is 10.4. The van der Waals surface area contributed by atoms with Crippen molar-refractivity contribution in [2.45, 2.75) is 20.4 Å². The fraction of sp³-hybridized carbons (Fsp3) is 0.200. The number of amides is 4. The van der Waals surface area contributed by atoms with E-state index < -0.39 is 6.03 Å². The van der Waals surface area contributed by atoms with Gasteiger partial charge in [-0.25, -0.2) is 14.4 Å². The molecule has 0 spiro atoms. The standard InChI is InChI=1S/C24H23ClN6O3.CH4/c1-26-19-9-11-22(28-16-19)31-24(33)30-20-14-18(25)8-10-21(20)34-13-5-12-27-23(32)29-15-17-6-3-2-4-7-17;/h2-4,6-11,14,16H,5,12-13,15H2,(H2,27,29,32)(H2,28,30,31,33);1H4. The summed E-state index contributed by atoms with van der Waals surface area (Å²) in [6.07, 6.45) is 1.93. The molecule has 4 N–H and O–H groups in total. The van der Waals surface area contributed by atoms with Gasteiger partial charge in [-0.05, 0) is 36.2 Å². The van der Waals surface area contributed by atoms with E-state index in [4.69, 9.17) is 22.9 Å². The van der Waals surface area contributed by atoms with Crippen LogP contribution >= 0.6 is 11.6 Å². The average Bonchev–Trinajstić information content (AvgIpc) is 2.85. The number of pyridine rings is 1. The van der Waals surface area contributed by atoms with Crippen LogP contribution in [-0.2, 0) is 6.54 Å². The minimum Gasteiger partial charge on any atom is -0.491 e. The SMILES string of the molecule is C.[C-]#[N+]c1ccc(NC(=O)Nc2cc(Cl)ccc2OCCCNC(=O)NCc2ccccc2)nc1. The summed E-state index contributed by atoms with van der Waals surface area (Å²) in [5, 5.41) is 11.3. The summed E-state index contributed by atoms with van der Waals surface area (Å²) >= 11 is 6.06. The molecule has 0 saturated heterocycles. The van der Waals surface area contributed by atoms with E-state index in [0.717, 1.165) is 5.56 Å². The lowest BCUT2D eigenvalue weighted by Crippen LogP contribution is -2.36.